The van der Waals surface area contributed by atoms with Crippen molar-refractivity contribution in [3.8, 4) is 17.0 Å². The minimum atomic E-state index is -0.790. The quantitative estimate of drug-likeness (QED) is 0.545. The third-order valence-electron chi connectivity index (χ3n) is 3.98. The maximum atomic E-state index is 11.9. The van der Waals surface area contributed by atoms with Crippen LogP contribution in [0.5, 0.6) is 5.75 Å². The molecule has 9 heteroatoms. The van der Waals surface area contributed by atoms with E-state index in [0.29, 0.717) is 5.69 Å². The summed E-state index contributed by atoms with van der Waals surface area (Å²) in [6.07, 6.45) is 0. The third-order valence-corrected chi connectivity index (χ3v) is 3.98. The van der Waals surface area contributed by atoms with E-state index in [4.69, 9.17) is 19.7 Å². The fourth-order valence-corrected chi connectivity index (χ4v) is 2.49. The van der Waals surface area contributed by atoms with Crippen molar-refractivity contribution in [3.63, 3.8) is 0 Å². The van der Waals surface area contributed by atoms with E-state index in [1.807, 2.05) is 31.2 Å². The summed E-state index contributed by atoms with van der Waals surface area (Å²) in [4.78, 5) is 35.1. The molecule has 0 fully saturated rings. The highest BCUT2D eigenvalue weighted by Gasteiger charge is 2.14. The SMILES string of the molecule is Cc1ccc(-c2cc(NC(=O)COC(=O)COc3ccccc3C(N)=O)on2)cc1. The molecule has 0 saturated heterocycles. The van der Waals surface area contributed by atoms with E-state index in [1.165, 1.54) is 12.1 Å². The van der Waals surface area contributed by atoms with E-state index in [-0.39, 0.29) is 17.2 Å². The largest absolute Gasteiger partial charge is 0.481 e. The number of amides is 2. The standard InChI is InChI=1S/C21H19N3O6/c1-13-6-8-14(9-7-13)16-10-19(30-24-16)23-18(25)11-29-20(26)12-28-17-5-3-2-4-15(17)21(22)27/h2-10H,11-12H2,1H3,(H2,22,27)(H,23,25). The van der Waals surface area contributed by atoms with Crippen LogP contribution >= 0.6 is 0 Å². The molecule has 3 rings (SSSR count). The first-order valence-electron chi connectivity index (χ1n) is 8.93. The molecule has 3 N–H and O–H groups in total. The van der Waals surface area contributed by atoms with Gasteiger partial charge in [0.05, 0.1) is 5.56 Å². The lowest BCUT2D eigenvalue weighted by Crippen LogP contribution is -2.24. The van der Waals surface area contributed by atoms with Crippen molar-refractivity contribution < 1.29 is 28.4 Å². The predicted molar refractivity (Wildman–Crippen MR) is 107 cm³/mol. The second kappa shape index (κ2) is 9.37. The van der Waals surface area contributed by atoms with E-state index in [2.05, 4.69) is 10.5 Å². The molecule has 0 saturated carbocycles. The molecule has 0 aliphatic heterocycles. The summed E-state index contributed by atoms with van der Waals surface area (Å²) in [6.45, 7) is 0.943. The smallest absolute Gasteiger partial charge is 0.344 e. The van der Waals surface area contributed by atoms with Crippen molar-refractivity contribution in [1.82, 2.24) is 5.16 Å². The maximum absolute atomic E-state index is 11.9. The highest BCUT2D eigenvalue weighted by Crippen LogP contribution is 2.22. The minimum absolute atomic E-state index is 0.123. The number of aryl methyl sites for hydroxylation is 1. The maximum Gasteiger partial charge on any atom is 0.344 e. The van der Waals surface area contributed by atoms with Gasteiger partial charge in [0.1, 0.15) is 11.4 Å². The van der Waals surface area contributed by atoms with Crippen LogP contribution in [0.15, 0.2) is 59.1 Å². The molecule has 3 aromatic rings. The number of esters is 1. The van der Waals surface area contributed by atoms with Crippen LogP contribution in [0, 0.1) is 6.92 Å². The van der Waals surface area contributed by atoms with Crippen LogP contribution in [0.1, 0.15) is 15.9 Å². The fourth-order valence-electron chi connectivity index (χ4n) is 2.49. The van der Waals surface area contributed by atoms with Gasteiger partial charge in [0, 0.05) is 11.6 Å². The summed E-state index contributed by atoms with van der Waals surface area (Å²) < 4.78 is 15.2. The number of anilines is 1. The Morgan fingerprint density at radius 2 is 1.80 bits per heavy atom. The van der Waals surface area contributed by atoms with Crippen LogP contribution < -0.4 is 15.8 Å². The normalized spacial score (nSPS) is 10.3. The number of aromatic nitrogens is 1. The first-order chi connectivity index (χ1) is 14.4. The monoisotopic (exact) mass is 409 g/mol. The third kappa shape index (κ3) is 5.44. The number of para-hydroxylation sites is 1. The molecule has 9 nitrogen and oxygen atoms in total. The number of nitrogens with zero attached hydrogens (tertiary/aromatic N) is 1. The number of carbonyl (C=O) groups is 3. The van der Waals surface area contributed by atoms with E-state index >= 15 is 0 Å². The second-order valence-electron chi connectivity index (χ2n) is 6.30. The number of rotatable bonds is 8. The number of carbonyl (C=O) groups excluding carboxylic acids is 3. The Balaban J connectivity index is 1.46. The average Bonchev–Trinajstić information content (AvgIpc) is 3.19. The molecule has 0 unspecified atom stereocenters. The van der Waals surface area contributed by atoms with Crippen LogP contribution in [-0.2, 0) is 14.3 Å². The molecule has 0 bridgehead atoms. The number of ether oxygens (including phenoxy) is 2. The van der Waals surface area contributed by atoms with Gasteiger partial charge >= 0.3 is 5.97 Å². The van der Waals surface area contributed by atoms with Gasteiger partial charge in [0.15, 0.2) is 13.2 Å². The Kier molecular flexibility index (Phi) is 6.43. The highest BCUT2D eigenvalue weighted by molar-refractivity contribution is 5.95. The van der Waals surface area contributed by atoms with E-state index in [1.54, 1.807) is 18.2 Å². The van der Waals surface area contributed by atoms with Gasteiger partial charge in [0.25, 0.3) is 11.8 Å². The molecule has 30 heavy (non-hydrogen) atoms. The second-order valence-corrected chi connectivity index (χ2v) is 6.30. The topological polar surface area (TPSA) is 134 Å². The summed E-state index contributed by atoms with van der Waals surface area (Å²) in [5.41, 5.74) is 7.88. The Hall–Kier alpha value is -4.14. The fraction of sp³-hybridized carbons (Fsp3) is 0.143. The Morgan fingerprint density at radius 3 is 2.53 bits per heavy atom. The van der Waals surface area contributed by atoms with E-state index in [9.17, 15) is 14.4 Å². The number of nitrogens with one attached hydrogen (secondary N) is 1. The van der Waals surface area contributed by atoms with Gasteiger partial charge < -0.3 is 19.7 Å². The molecular weight excluding hydrogens is 390 g/mol. The zero-order valence-electron chi connectivity index (χ0n) is 16.1. The number of hydrogen-bond donors (Lipinski definition) is 2. The Labute approximate surface area is 171 Å². The highest BCUT2D eigenvalue weighted by atomic mass is 16.6. The molecule has 0 atom stereocenters. The Bertz CT molecular complexity index is 1060. The molecule has 0 radical (unpaired) electrons. The molecular formula is C21H19N3O6. The van der Waals surface area contributed by atoms with Crippen molar-refractivity contribution in [2.45, 2.75) is 6.92 Å². The van der Waals surface area contributed by atoms with Crippen molar-refractivity contribution in [3.05, 3.63) is 65.7 Å². The molecule has 2 amide bonds. The summed E-state index contributed by atoms with van der Waals surface area (Å²) in [5.74, 6) is -1.81. The van der Waals surface area contributed by atoms with Crippen molar-refractivity contribution in [2.24, 2.45) is 5.73 Å². The van der Waals surface area contributed by atoms with Crippen LogP contribution in [-0.4, -0.2) is 36.2 Å². The minimum Gasteiger partial charge on any atom is -0.481 e. The molecule has 1 heterocycles. The molecule has 2 aromatic carbocycles. The van der Waals surface area contributed by atoms with Crippen LogP contribution in [0.3, 0.4) is 0 Å². The zero-order valence-corrected chi connectivity index (χ0v) is 16.1. The number of primary amides is 1. The summed E-state index contributed by atoms with van der Waals surface area (Å²) >= 11 is 0. The lowest BCUT2D eigenvalue weighted by Gasteiger charge is -2.09. The molecule has 0 aliphatic carbocycles. The van der Waals surface area contributed by atoms with Crippen LogP contribution in [0.4, 0.5) is 5.88 Å². The Morgan fingerprint density at radius 1 is 1.07 bits per heavy atom. The summed E-state index contributed by atoms with van der Waals surface area (Å²) in [5, 5.41) is 6.34. The average molecular weight is 409 g/mol. The number of nitrogens with two attached hydrogens (primary N) is 1. The van der Waals surface area contributed by atoms with E-state index in [0.717, 1.165) is 11.1 Å². The van der Waals surface area contributed by atoms with Crippen molar-refractivity contribution in [1.29, 1.82) is 0 Å². The van der Waals surface area contributed by atoms with Crippen molar-refractivity contribution >= 4 is 23.7 Å². The van der Waals surface area contributed by atoms with Crippen LogP contribution in [0.2, 0.25) is 0 Å². The van der Waals surface area contributed by atoms with Gasteiger partial charge in [0.2, 0.25) is 5.88 Å². The van der Waals surface area contributed by atoms with Crippen molar-refractivity contribution in [2.75, 3.05) is 18.5 Å². The van der Waals surface area contributed by atoms with Gasteiger partial charge in [-0.15, -0.1) is 0 Å². The van der Waals surface area contributed by atoms with Gasteiger partial charge in [-0.05, 0) is 19.1 Å². The predicted octanol–water partition coefficient (Wildman–Crippen LogP) is 2.31. The van der Waals surface area contributed by atoms with Crippen LogP contribution in [0.25, 0.3) is 11.3 Å². The molecule has 0 aliphatic rings. The zero-order chi connectivity index (χ0) is 21.5. The number of benzene rings is 2. The summed E-state index contributed by atoms with van der Waals surface area (Å²) in [6, 6.07) is 15.4. The molecule has 1 aromatic heterocycles. The van der Waals surface area contributed by atoms with E-state index < -0.39 is 31.0 Å². The van der Waals surface area contributed by atoms with Gasteiger partial charge in [-0.25, -0.2) is 4.79 Å². The first-order valence-corrected chi connectivity index (χ1v) is 8.93. The number of hydrogen-bond acceptors (Lipinski definition) is 7. The van der Waals surface area contributed by atoms with Gasteiger partial charge in [-0.3, -0.25) is 14.9 Å². The molecule has 0 spiro atoms. The molecule has 154 valence electrons. The lowest BCUT2D eigenvalue weighted by atomic mass is 10.1. The first kappa shape index (κ1) is 20.6. The van der Waals surface area contributed by atoms with Gasteiger partial charge in [-0.1, -0.05) is 47.1 Å². The summed E-state index contributed by atoms with van der Waals surface area (Å²) in [7, 11) is 0. The van der Waals surface area contributed by atoms with Gasteiger partial charge in [-0.2, -0.15) is 0 Å². The lowest BCUT2D eigenvalue weighted by molar-refractivity contribution is -0.149.